The molecule has 5 nitrogen and oxygen atoms in total. The highest BCUT2D eigenvalue weighted by molar-refractivity contribution is 6.34. The van der Waals surface area contributed by atoms with Gasteiger partial charge in [0.25, 0.3) is 5.91 Å². The molecule has 0 atom stereocenters. The fraction of sp³-hybridized carbons (Fsp3) is 0.182. The van der Waals surface area contributed by atoms with Gasteiger partial charge in [0.15, 0.2) is 0 Å². The maximum absolute atomic E-state index is 13.1. The normalized spacial score (nSPS) is 10.3. The van der Waals surface area contributed by atoms with Gasteiger partial charge < -0.3 is 5.32 Å². The molecule has 0 saturated carbocycles. The number of halogens is 2. The number of benzene rings is 1. The number of nitrogens with one attached hydrogen (secondary N) is 2. The van der Waals surface area contributed by atoms with E-state index in [9.17, 15) is 9.18 Å². The molecule has 1 aromatic carbocycles. The van der Waals surface area contributed by atoms with Gasteiger partial charge in [-0.25, -0.2) is 9.37 Å². The van der Waals surface area contributed by atoms with E-state index in [1.807, 2.05) is 0 Å². The second kappa shape index (κ2) is 5.59. The quantitative estimate of drug-likeness (QED) is 0.884. The molecule has 2 N–H and O–H groups in total. The monoisotopic (exact) mass is 268 g/mol. The number of carbonyl (C=O) groups excluding carboxylic acids is 1. The first-order valence-electron chi connectivity index (χ1n) is 5.25. The van der Waals surface area contributed by atoms with Crippen molar-refractivity contribution in [3.05, 3.63) is 46.8 Å². The zero-order valence-corrected chi connectivity index (χ0v) is 10.0. The molecule has 94 valence electrons. The second-order valence-electron chi connectivity index (χ2n) is 3.54. The average Bonchev–Trinajstić information content (AvgIpc) is 2.85. The van der Waals surface area contributed by atoms with Crippen molar-refractivity contribution < 1.29 is 9.18 Å². The molecular formula is C11H10ClFN4O. The van der Waals surface area contributed by atoms with Crippen LogP contribution in [0.1, 0.15) is 16.2 Å². The first-order valence-corrected chi connectivity index (χ1v) is 5.62. The molecule has 0 aliphatic heterocycles. The van der Waals surface area contributed by atoms with Crippen LogP contribution in [-0.4, -0.2) is 27.6 Å². The van der Waals surface area contributed by atoms with Gasteiger partial charge in [-0.05, 0) is 12.1 Å². The maximum atomic E-state index is 13.1. The van der Waals surface area contributed by atoms with Gasteiger partial charge in [-0.15, -0.1) is 0 Å². The zero-order valence-electron chi connectivity index (χ0n) is 9.28. The first kappa shape index (κ1) is 12.5. The van der Waals surface area contributed by atoms with E-state index in [1.54, 1.807) is 0 Å². The minimum atomic E-state index is -0.612. The molecule has 2 rings (SSSR count). The Morgan fingerprint density at radius 2 is 2.33 bits per heavy atom. The lowest BCUT2D eigenvalue weighted by atomic mass is 10.2. The molecule has 0 unspecified atom stereocenters. The number of aromatic amines is 1. The third-order valence-electron chi connectivity index (χ3n) is 2.31. The molecule has 1 amide bonds. The van der Waals surface area contributed by atoms with E-state index in [-0.39, 0.29) is 10.6 Å². The average molecular weight is 269 g/mol. The van der Waals surface area contributed by atoms with Crippen LogP contribution in [0, 0.1) is 5.82 Å². The third kappa shape index (κ3) is 2.84. The van der Waals surface area contributed by atoms with E-state index in [1.165, 1.54) is 24.5 Å². The van der Waals surface area contributed by atoms with Gasteiger partial charge in [0.2, 0.25) is 0 Å². The summed E-state index contributed by atoms with van der Waals surface area (Å²) < 4.78 is 13.1. The van der Waals surface area contributed by atoms with Crippen molar-refractivity contribution in [2.24, 2.45) is 0 Å². The van der Waals surface area contributed by atoms with Crippen LogP contribution in [-0.2, 0) is 6.42 Å². The first-order chi connectivity index (χ1) is 8.68. The zero-order chi connectivity index (χ0) is 13.0. The van der Waals surface area contributed by atoms with Crippen molar-refractivity contribution in [2.45, 2.75) is 6.42 Å². The predicted octanol–water partition coefficient (Wildman–Crippen LogP) is 1.57. The molecule has 0 aliphatic rings. The van der Waals surface area contributed by atoms with Crippen molar-refractivity contribution in [1.82, 2.24) is 20.5 Å². The van der Waals surface area contributed by atoms with Gasteiger partial charge in [-0.3, -0.25) is 9.89 Å². The van der Waals surface area contributed by atoms with Gasteiger partial charge >= 0.3 is 0 Å². The Balaban J connectivity index is 1.93. The summed E-state index contributed by atoms with van der Waals surface area (Å²) in [6.07, 6.45) is 1.90. The third-order valence-corrected chi connectivity index (χ3v) is 2.69. The van der Waals surface area contributed by atoms with Crippen LogP contribution < -0.4 is 5.32 Å². The van der Waals surface area contributed by atoms with Crippen LogP contribution in [0.25, 0.3) is 0 Å². The topological polar surface area (TPSA) is 70.7 Å². The van der Waals surface area contributed by atoms with Crippen molar-refractivity contribution >= 4 is 17.5 Å². The number of amides is 1. The fourth-order valence-electron chi connectivity index (χ4n) is 1.42. The minimum Gasteiger partial charge on any atom is -0.352 e. The Hall–Kier alpha value is -1.95. The Labute approximate surface area is 107 Å². The van der Waals surface area contributed by atoms with E-state index in [2.05, 4.69) is 20.5 Å². The SMILES string of the molecule is O=C(NCCc1ncn[nH]1)c1cccc(F)c1Cl. The summed E-state index contributed by atoms with van der Waals surface area (Å²) in [7, 11) is 0. The molecule has 0 aliphatic carbocycles. The number of hydrogen-bond donors (Lipinski definition) is 2. The van der Waals surface area contributed by atoms with E-state index in [4.69, 9.17) is 11.6 Å². The number of H-pyrrole nitrogens is 1. The Bertz CT molecular complexity index is 544. The second-order valence-corrected chi connectivity index (χ2v) is 3.92. The lowest BCUT2D eigenvalue weighted by Gasteiger charge is -2.06. The van der Waals surface area contributed by atoms with E-state index in [0.29, 0.717) is 18.8 Å². The Morgan fingerprint density at radius 3 is 3.06 bits per heavy atom. The molecule has 0 bridgehead atoms. The van der Waals surface area contributed by atoms with Crippen LogP contribution in [0.2, 0.25) is 5.02 Å². The summed E-state index contributed by atoms with van der Waals surface area (Å²) in [5.41, 5.74) is 0.120. The number of rotatable bonds is 4. The Morgan fingerprint density at radius 1 is 1.50 bits per heavy atom. The summed E-state index contributed by atoms with van der Waals surface area (Å²) >= 11 is 5.70. The summed E-state index contributed by atoms with van der Waals surface area (Å²) in [5.74, 6) is -0.362. The summed E-state index contributed by atoms with van der Waals surface area (Å²) in [5, 5.41) is 8.81. The van der Waals surface area contributed by atoms with E-state index < -0.39 is 11.7 Å². The summed E-state index contributed by atoms with van der Waals surface area (Å²) in [4.78, 5) is 15.7. The highest BCUT2D eigenvalue weighted by Gasteiger charge is 2.12. The van der Waals surface area contributed by atoms with Crippen LogP contribution >= 0.6 is 11.6 Å². The van der Waals surface area contributed by atoms with Crippen molar-refractivity contribution in [3.8, 4) is 0 Å². The van der Waals surface area contributed by atoms with Crippen LogP contribution in [0.4, 0.5) is 4.39 Å². The van der Waals surface area contributed by atoms with Crippen molar-refractivity contribution in [3.63, 3.8) is 0 Å². The smallest absolute Gasteiger partial charge is 0.252 e. The van der Waals surface area contributed by atoms with Gasteiger partial charge in [0.05, 0.1) is 10.6 Å². The van der Waals surface area contributed by atoms with Gasteiger partial charge in [0, 0.05) is 13.0 Å². The highest BCUT2D eigenvalue weighted by atomic mass is 35.5. The predicted molar refractivity (Wildman–Crippen MR) is 63.8 cm³/mol. The molecule has 0 radical (unpaired) electrons. The fourth-order valence-corrected chi connectivity index (χ4v) is 1.63. The van der Waals surface area contributed by atoms with E-state index in [0.717, 1.165) is 0 Å². The molecule has 18 heavy (non-hydrogen) atoms. The lowest BCUT2D eigenvalue weighted by molar-refractivity contribution is 0.0953. The molecule has 1 aromatic heterocycles. The number of carbonyl (C=O) groups is 1. The van der Waals surface area contributed by atoms with Crippen LogP contribution in [0.5, 0.6) is 0 Å². The highest BCUT2D eigenvalue weighted by Crippen LogP contribution is 2.19. The van der Waals surface area contributed by atoms with Crippen molar-refractivity contribution in [1.29, 1.82) is 0 Å². The Kier molecular flexibility index (Phi) is 3.88. The van der Waals surface area contributed by atoms with Crippen molar-refractivity contribution in [2.75, 3.05) is 6.54 Å². The standard InChI is InChI=1S/C11H10ClFN4O/c12-10-7(2-1-3-8(10)13)11(18)14-5-4-9-15-6-16-17-9/h1-3,6H,4-5H2,(H,14,18)(H,15,16,17). The van der Waals surface area contributed by atoms with Gasteiger partial charge in [-0.2, -0.15) is 5.10 Å². The molecule has 0 fully saturated rings. The number of hydrogen-bond acceptors (Lipinski definition) is 3. The molecule has 7 heteroatoms. The van der Waals surface area contributed by atoms with E-state index >= 15 is 0 Å². The van der Waals surface area contributed by atoms with Crippen LogP contribution in [0.3, 0.4) is 0 Å². The number of aromatic nitrogens is 3. The molecule has 0 saturated heterocycles. The molecule has 0 spiro atoms. The number of nitrogens with zero attached hydrogens (tertiary/aromatic N) is 2. The summed E-state index contributed by atoms with van der Waals surface area (Å²) in [6, 6.07) is 4.11. The molecule has 1 heterocycles. The lowest BCUT2D eigenvalue weighted by Crippen LogP contribution is -2.26. The minimum absolute atomic E-state index is 0.120. The maximum Gasteiger partial charge on any atom is 0.252 e. The van der Waals surface area contributed by atoms with Gasteiger partial charge in [-0.1, -0.05) is 17.7 Å². The van der Waals surface area contributed by atoms with Gasteiger partial charge in [0.1, 0.15) is 18.0 Å². The largest absolute Gasteiger partial charge is 0.352 e. The molecule has 2 aromatic rings. The summed E-state index contributed by atoms with van der Waals surface area (Å²) in [6.45, 7) is 0.362. The van der Waals surface area contributed by atoms with Crippen LogP contribution in [0.15, 0.2) is 24.5 Å². The molecular weight excluding hydrogens is 259 g/mol.